The van der Waals surface area contributed by atoms with Gasteiger partial charge in [0.15, 0.2) is 23.3 Å². The summed E-state index contributed by atoms with van der Waals surface area (Å²) in [5, 5.41) is 0. The summed E-state index contributed by atoms with van der Waals surface area (Å²) >= 11 is 0. The van der Waals surface area contributed by atoms with Gasteiger partial charge in [-0.15, -0.1) is 0 Å². The first-order valence-electron chi connectivity index (χ1n) is 13.2. The Bertz CT molecular complexity index is 1220. The number of rotatable bonds is 9. The normalized spacial score (nSPS) is 18.0. The van der Waals surface area contributed by atoms with Crippen LogP contribution in [0, 0.1) is 23.3 Å². The van der Waals surface area contributed by atoms with Gasteiger partial charge in [0.25, 0.3) is 0 Å². The highest BCUT2D eigenvalue weighted by Gasteiger charge is 2.26. The van der Waals surface area contributed by atoms with E-state index in [4.69, 9.17) is 4.74 Å². The van der Waals surface area contributed by atoms with Gasteiger partial charge in [-0.3, -0.25) is 0 Å². The predicted octanol–water partition coefficient (Wildman–Crippen LogP) is 9.54. The lowest BCUT2D eigenvalue weighted by molar-refractivity contribution is 0.0317. The quantitative estimate of drug-likeness (QED) is 0.158. The van der Waals surface area contributed by atoms with Crippen molar-refractivity contribution >= 4 is 0 Å². The number of benzene rings is 3. The third-order valence-electron chi connectivity index (χ3n) is 7.24. The van der Waals surface area contributed by atoms with E-state index in [2.05, 4.69) is 6.92 Å². The molecule has 1 fully saturated rings. The van der Waals surface area contributed by atoms with Crippen LogP contribution in [-0.2, 0) is 11.2 Å². The van der Waals surface area contributed by atoms with Gasteiger partial charge < -0.3 is 4.74 Å². The Morgan fingerprint density at radius 3 is 2.00 bits per heavy atom. The minimum absolute atomic E-state index is 0.0206. The highest BCUT2D eigenvalue weighted by Crippen LogP contribution is 2.35. The zero-order chi connectivity index (χ0) is 26.4. The van der Waals surface area contributed by atoms with Gasteiger partial charge in [-0.2, -0.15) is 0 Å². The number of ether oxygens (including phenoxy) is 1. The second kappa shape index (κ2) is 12.6. The largest absolute Gasteiger partial charge is 0.374 e. The molecule has 0 N–H and O–H groups in total. The van der Waals surface area contributed by atoms with Crippen molar-refractivity contribution in [2.45, 2.75) is 70.8 Å². The van der Waals surface area contributed by atoms with E-state index < -0.39 is 23.3 Å². The van der Waals surface area contributed by atoms with Crippen LogP contribution in [-0.4, -0.2) is 12.7 Å². The van der Waals surface area contributed by atoms with Crippen LogP contribution in [0.5, 0.6) is 0 Å². The predicted molar refractivity (Wildman–Crippen MR) is 142 cm³/mol. The number of hydrogen-bond donors (Lipinski definition) is 0. The van der Waals surface area contributed by atoms with E-state index in [9.17, 15) is 8.78 Å². The number of hydrogen-bond acceptors (Lipinski definition) is 1. The summed E-state index contributed by atoms with van der Waals surface area (Å²) in [6.07, 6.45) is 9.89. The van der Waals surface area contributed by atoms with Crippen molar-refractivity contribution < 1.29 is 22.3 Å². The van der Waals surface area contributed by atoms with Gasteiger partial charge >= 0.3 is 0 Å². The lowest BCUT2D eigenvalue weighted by Gasteiger charge is -2.28. The monoisotopic (exact) mass is 510 g/mol. The smallest absolute Gasteiger partial charge is 0.166 e. The van der Waals surface area contributed by atoms with E-state index >= 15 is 8.78 Å². The minimum atomic E-state index is -0.912. The Morgan fingerprint density at radius 1 is 0.757 bits per heavy atom. The SMILES string of the molecule is CC=CC1CCC(c2ccc(-c3ccc(-c4ccc(CCCCCC)c(F)c4F)cc3)c(F)c2F)CO1. The first-order valence-corrected chi connectivity index (χ1v) is 13.2. The van der Waals surface area contributed by atoms with Crippen LogP contribution in [0.25, 0.3) is 22.3 Å². The maximum absolute atomic E-state index is 15.1. The molecule has 0 saturated carbocycles. The van der Waals surface area contributed by atoms with Crippen LogP contribution in [0.3, 0.4) is 0 Å². The molecule has 5 heteroatoms. The topological polar surface area (TPSA) is 9.23 Å². The summed E-state index contributed by atoms with van der Waals surface area (Å²) in [6.45, 7) is 4.38. The number of halogens is 4. The molecule has 0 aromatic heterocycles. The molecular formula is C32H34F4O. The maximum Gasteiger partial charge on any atom is 0.166 e. The van der Waals surface area contributed by atoms with Crippen molar-refractivity contribution in [1.82, 2.24) is 0 Å². The van der Waals surface area contributed by atoms with Crippen LogP contribution in [0.2, 0.25) is 0 Å². The summed E-state index contributed by atoms with van der Waals surface area (Å²) in [6, 6.07) is 12.9. The number of unbranched alkanes of at least 4 members (excludes halogenated alkanes) is 3. The van der Waals surface area contributed by atoms with Crippen molar-refractivity contribution in [3.05, 3.63) is 95.1 Å². The molecule has 0 amide bonds. The number of allylic oxidation sites excluding steroid dienone is 1. The molecular weight excluding hydrogens is 476 g/mol. The van der Waals surface area contributed by atoms with Gasteiger partial charge in [-0.05, 0) is 54.9 Å². The third-order valence-corrected chi connectivity index (χ3v) is 7.24. The molecule has 1 aliphatic rings. The fourth-order valence-electron chi connectivity index (χ4n) is 5.06. The van der Waals surface area contributed by atoms with Gasteiger partial charge in [-0.1, -0.05) is 86.9 Å². The van der Waals surface area contributed by atoms with E-state index in [0.29, 0.717) is 35.3 Å². The summed E-state index contributed by atoms with van der Waals surface area (Å²) in [4.78, 5) is 0. The molecule has 3 aromatic rings. The molecule has 0 spiro atoms. The van der Waals surface area contributed by atoms with E-state index in [1.54, 1.807) is 48.5 Å². The van der Waals surface area contributed by atoms with Gasteiger partial charge in [0.05, 0.1) is 12.7 Å². The molecule has 4 rings (SSSR count). The first-order chi connectivity index (χ1) is 17.9. The molecule has 2 atom stereocenters. The van der Waals surface area contributed by atoms with Crippen LogP contribution in [0.15, 0.2) is 60.7 Å². The Kier molecular flexibility index (Phi) is 9.20. The lowest BCUT2D eigenvalue weighted by Crippen LogP contribution is -2.24. The molecule has 1 aliphatic heterocycles. The summed E-state index contributed by atoms with van der Waals surface area (Å²) in [5.74, 6) is -3.66. The van der Waals surface area contributed by atoms with Crippen molar-refractivity contribution in [2.24, 2.45) is 0 Å². The highest BCUT2D eigenvalue weighted by molar-refractivity contribution is 5.71. The summed E-state index contributed by atoms with van der Waals surface area (Å²) in [7, 11) is 0. The summed E-state index contributed by atoms with van der Waals surface area (Å²) < 4.78 is 65.4. The number of aryl methyl sites for hydroxylation is 1. The Morgan fingerprint density at radius 2 is 1.41 bits per heavy atom. The van der Waals surface area contributed by atoms with Crippen molar-refractivity contribution in [2.75, 3.05) is 6.61 Å². The van der Waals surface area contributed by atoms with Crippen molar-refractivity contribution in [1.29, 1.82) is 0 Å². The average Bonchev–Trinajstić information content (AvgIpc) is 2.91. The molecule has 0 aliphatic carbocycles. The molecule has 3 aromatic carbocycles. The van der Waals surface area contributed by atoms with E-state index in [1.807, 2.05) is 19.1 Å². The highest BCUT2D eigenvalue weighted by atomic mass is 19.2. The van der Waals surface area contributed by atoms with E-state index in [0.717, 1.165) is 38.5 Å². The van der Waals surface area contributed by atoms with Crippen LogP contribution in [0.1, 0.15) is 69.4 Å². The molecule has 0 bridgehead atoms. The third kappa shape index (κ3) is 6.15. The van der Waals surface area contributed by atoms with Crippen LogP contribution in [0.4, 0.5) is 17.6 Å². The lowest BCUT2D eigenvalue weighted by atomic mass is 9.89. The standard InChI is InChI=1S/C32H34F4O/c1-3-5-6-7-9-23-15-17-26(30(34)29(23)33)21-10-12-22(13-11-21)27-18-19-28(32(36)31(27)35)24-14-16-25(8-4-2)37-20-24/h4,8,10-13,15,17-19,24-25H,3,5-7,9,14,16,20H2,1-2H3. The zero-order valence-electron chi connectivity index (χ0n) is 21.5. The molecule has 1 heterocycles. The maximum atomic E-state index is 15.1. The first kappa shape index (κ1) is 27.1. The fraction of sp³-hybridized carbons (Fsp3) is 0.375. The van der Waals surface area contributed by atoms with Crippen LogP contribution < -0.4 is 0 Å². The molecule has 0 radical (unpaired) electrons. The van der Waals surface area contributed by atoms with Crippen molar-refractivity contribution in [3.63, 3.8) is 0 Å². The zero-order valence-corrected chi connectivity index (χ0v) is 21.5. The Labute approximate surface area is 217 Å². The molecule has 2 unspecified atom stereocenters. The van der Waals surface area contributed by atoms with Crippen molar-refractivity contribution in [3.8, 4) is 22.3 Å². The van der Waals surface area contributed by atoms with Gasteiger partial charge in [0, 0.05) is 17.0 Å². The average molecular weight is 511 g/mol. The fourth-order valence-corrected chi connectivity index (χ4v) is 5.06. The van der Waals surface area contributed by atoms with Gasteiger partial charge in [0.1, 0.15) is 0 Å². The second-order valence-electron chi connectivity index (χ2n) is 9.79. The van der Waals surface area contributed by atoms with E-state index in [-0.39, 0.29) is 23.1 Å². The summed E-state index contributed by atoms with van der Waals surface area (Å²) in [5.41, 5.74) is 1.93. The van der Waals surface area contributed by atoms with Crippen LogP contribution >= 0.6 is 0 Å². The van der Waals surface area contributed by atoms with Gasteiger partial charge in [-0.25, -0.2) is 17.6 Å². The molecule has 37 heavy (non-hydrogen) atoms. The Balaban J connectivity index is 1.50. The van der Waals surface area contributed by atoms with Gasteiger partial charge in [0.2, 0.25) is 0 Å². The molecule has 196 valence electrons. The minimum Gasteiger partial charge on any atom is -0.374 e. The van der Waals surface area contributed by atoms with E-state index in [1.165, 1.54) is 0 Å². The Hall–Kier alpha value is -2.92. The molecule has 1 nitrogen and oxygen atoms in total. The molecule has 1 saturated heterocycles. The second-order valence-corrected chi connectivity index (χ2v) is 9.79.